The Morgan fingerprint density at radius 3 is 2.65 bits per heavy atom. The maximum Gasteiger partial charge on any atom is 0.428 e. The Labute approximate surface area is 122 Å². The summed E-state index contributed by atoms with van der Waals surface area (Å²) in [4.78, 5) is 11.4. The standard InChI is InChI=1S/C13H17ClN2O4/c1-13(2,3)20-12(18)16-15-7-8-5-9(14)11(17)10(6-8)19-4/h5-7,17H,1-4H3,(H,16,18). The normalized spacial score (nSPS) is 11.4. The molecule has 0 aliphatic carbocycles. The number of nitrogens with zero attached hydrogens (tertiary/aromatic N) is 1. The molecule has 0 aliphatic rings. The number of nitrogens with one attached hydrogen (secondary N) is 1. The molecular formula is C13H17ClN2O4. The van der Waals surface area contributed by atoms with E-state index >= 15 is 0 Å². The molecule has 1 aromatic rings. The van der Waals surface area contributed by atoms with Crippen LogP contribution in [0.25, 0.3) is 0 Å². The smallest absolute Gasteiger partial charge is 0.428 e. The first-order valence-electron chi connectivity index (χ1n) is 5.81. The van der Waals surface area contributed by atoms with Crippen LogP contribution in [0.1, 0.15) is 26.3 Å². The zero-order valence-corrected chi connectivity index (χ0v) is 12.5. The predicted octanol–water partition coefficient (Wildman–Crippen LogP) is 2.91. The lowest BCUT2D eigenvalue weighted by atomic mass is 10.2. The van der Waals surface area contributed by atoms with Gasteiger partial charge >= 0.3 is 6.09 Å². The second-order valence-electron chi connectivity index (χ2n) is 4.93. The van der Waals surface area contributed by atoms with Gasteiger partial charge in [0.15, 0.2) is 11.5 Å². The van der Waals surface area contributed by atoms with E-state index in [0.717, 1.165) is 0 Å². The Kier molecular flexibility index (Phi) is 5.21. The van der Waals surface area contributed by atoms with Gasteiger partial charge in [-0.3, -0.25) is 0 Å². The van der Waals surface area contributed by atoms with Gasteiger partial charge in [0.1, 0.15) is 5.60 Å². The molecule has 0 heterocycles. The van der Waals surface area contributed by atoms with Crippen LogP contribution in [0.2, 0.25) is 5.02 Å². The molecule has 1 amide bonds. The number of amides is 1. The van der Waals surface area contributed by atoms with Gasteiger partial charge in [-0.2, -0.15) is 5.10 Å². The second kappa shape index (κ2) is 6.47. The van der Waals surface area contributed by atoms with Gasteiger partial charge in [0.05, 0.1) is 18.3 Å². The number of carbonyl (C=O) groups excluding carboxylic acids is 1. The van der Waals surface area contributed by atoms with Gasteiger partial charge in [-0.15, -0.1) is 0 Å². The molecule has 0 bridgehead atoms. The Balaban J connectivity index is 2.72. The van der Waals surface area contributed by atoms with E-state index in [4.69, 9.17) is 21.1 Å². The van der Waals surface area contributed by atoms with Crippen molar-refractivity contribution < 1.29 is 19.4 Å². The minimum Gasteiger partial charge on any atom is -0.503 e. The number of hydrogen-bond donors (Lipinski definition) is 2. The molecule has 2 N–H and O–H groups in total. The van der Waals surface area contributed by atoms with Crippen molar-refractivity contribution in [3.05, 3.63) is 22.7 Å². The topological polar surface area (TPSA) is 80.2 Å². The number of hydrazone groups is 1. The molecule has 0 atom stereocenters. The van der Waals surface area contributed by atoms with Crippen molar-refractivity contribution in [1.82, 2.24) is 5.43 Å². The Morgan fingerprint density at radius 1 is 1.45 bits per heavy atom. The van der Waals surface area contributed by atoms with Gasteiger partial charge in [0.25, 0.3) is 0 Å². The van der Waals surface area contributed by atoms with E-state index in [2.05, 4.69) is 10.5 Å². The van der Waals surface area contributed by atoms with E-state index in [1.807, 2.05) is 0 Å². The zero-order valence-electron chi connectivity index (χ0n) is 11.7. The van der Waals surface area contributed by atoms with E-state index in [1.165, 1.54) is 25.5 Å². The van der Waals surface area contributed by atoms with Gasteiger partial charge in [0, 0.05) is 0 Å². The minimum absolute atomic E-state index is 0.128. The molecule has 0 unspecified atom stereocenters. The van der Waals surface area contributed by atoms with Gasteiger partial charge in [0.2, 0.25) is 0 Å². The number of hydrogen-bond acceptors (Lipinski definition) is 5. The highest BCUT2D eigenvalue weighted by atomic mass is 35.5. The highest BCUT2D eigenvalue weighted by Crippen LogP contribution is 2.34. The van der Waals surface area contributed by atoms with E-state index < -0.39 is 11.7 Å². The molecule has 0 radical (unpaired) electrons. The molecule has 7 heteroatoms. The van der Waals surface area contributed by atoms with Crippen molar-refractivity contribution in [2.75, 3.05) is 7.11 Å². The predicted molar refractivity (Wildman–Crippen MR) is 76.6 cm³/mol. The summed E-state index contributed by atoms with van der Waals surface area (Å²) in [6.45, 7) is 5.25. The highest BCUT2D eigenvalue weighted by Gasteiger charge is 2.15. The van der Waals surface area contributed by atoms with Crippen LogP contribution in [0.15, 0.2) is 17.2 Å². The summed E-state index contributed by atoms with van der Waals surface area (Å²) in [5.74, 6) is 0.0719. The van der Waals surface area contributed by atoms with Crippen molar-refractivity contribution in [2.24, 2.45) is 5.10 Å². The number of phenolic OH excluding ortho intramolecular Hbond substituents is 1. The number of rotatable bonds is 3. The van der Waals surface area contributed by atoms with E-state index in [9.17, 15) is 9.90 Å². The largest absolute Gasteiger partial charge is 0.503 e. The molecule has 6 nitrogen and oxygen atoms in total. The van der Waals surface area contributed by atoms with Crippen LogP contribution in [0, 0.1) is 0 Å². The number of halogens is 1. The quantitative estimate of drug-likeness (QED) is 0.664. The first kappa shape index (κ1) is 16.1. The van der Waals surface area contributed by atoms with Crippen LogP contribution in [0.4, 0.5) is 4.79 Å². The van der Waals surface area contributed by atoms with E-state index in [-0.39, 0.29) is 16.5 Å². The van der Waals surface area contributed by atoms with Crippen LogP contribution in [-0.4, -0.2) is 30.1 Å². The molecular weight excluding hydrogens is 284 g/mol. The summed E-state index contributed by atoms with van der Waals surface area (Å²) in [5, 5.41) is 13.4. The lowest BCUT2D eigenvalue weighted by Crippen LogP contribution is -2.29. The summed E-state index contributed by atoms with van der Waals surface area (Å²) in [7, 11) is 1.41. The van der Waals surface area contributed by atoms with Gasteiger partial charge < -0.3 is 14.6 Å². The van der Waals surface area contributed by atoms with Gasteiger partial charge in [-0.1, -0.05) is 11.6 Å². The summed E-state index contributed by atoms with van der Waals surface area (Å²) >= 11 is 5.82. The van der Waals surface area contributed by atoms with Crippen LogP contribution < -0.4 is 10.2 Å². The van der Waals surface area contributed by atoms with Crippen LogP contribution in [0.3, 0.4) is 0 Å². The van der Waals surface area contributed by atoms with Gasteiger partial charge in [-0.25, -0.2) is 10.2 Å². The average molecular weight is 301 g/mol. The summed E-state index contributed by atoms with van der Waals surface area (Å²) in [6.07, 6.45) is 0.697. The third kappa shape index (κ3) is 4.97. The first-order valence-corrected chi connectivity index (χ1v) is 6.19. The maximum atomic E-state index is 11.4. The van der Waals surface area contributed by atoms with E-state index in [1.54, 1.807) is 20.8 Å². The molecule has 0 saturated carbocycles. The molecule has 20 heavy (non-hydrogen) atoms. The lowest BCUT2D eigenvalue weighted by Gasteiger charge is -2.18. The van der Waals surface area contributed by atoms with E-state index in [0.29, 0.717) is 5.56 Å². The van der Waals surface area contributed by atoms with Crippen molar-refractivity contribution in [1.29, 1.82) is 0 Å². The highest BCUT2D eigenvalue weighted by molar-refractivity contribution is 6.32. The fourth-order valence-electron chi connectivity index (χ4n) is 1.28. The molecule has 1 rings (SSSR count). The van der Waals surface area contributed by atoms with Crippen LogP contribution in [0.5, 0.6) is 11.5 Å². The number of ether oxygens (including phenoxy) is 2. The number of phenols is 1. The third-order valence-electron chi connectivity index (χ3n) is 2.04. The molecule has 0 aromatic heterocycles. The monoisotopic (exact) mass is 300 g/mol. The molecule has 0 aliphatic heterocycles. The summed E-state index contributed by atoms with van der Waals surface area (Å²) in [6, 6.07) is 3.02. The van der Waals surface area contributed by atoms with Gasteiger partial charge in [-0.05, 0) is 38.5 Å². The number of carbonyl (C=O) groups is 1. The molecule has 0 spiro atoms. The summed E-state index contributed by atoms with van der Waals surface area (Å²) in [5.41, 5.74) is 2.18. The Bertz CT molecular complexity index is 524. The number of benzene rings is 1. The fraction of sp³-hybridized carbons (Fsp3) is 0.385. The molecule has 1 aromatic carbocycles. The van der Waals surface area contributed by atoms with Crippen LogP contribution in [-0.2, 0) is 4.74 Å². The second-order valence-corrected chi connectivity index (χ2v) is 5.33. The SMILES string of the molecule is COc1cc(C=NNC(=O)OC(C)(C)C)cc(Cl)c1O. The lowest BCUT2D eigenvalue weighted by molar-refractivity contribution is 0.0529. The van der Waals surface area contributed by atoms with Crippen molar-refractivity contribution in [3.8, 4) is 11.5 Å². The first-order chi connectivity index (χ1) is 9.23. The number of aromatic hydroxyl groups is 1. The van der Waals surface area contributed by atoms with Crippen molar-refractivity contribution in [3.63, 3.8) is 0 Å². The molecule has 110 valence electrons. The van der Waals surface area contributed by atoms with Crippen molar-refractivity contribution >= 4 is 23.9 Å². The zero-order chi connectivity index (χ0) is 15.3. The van der Waals surface area contributed by atoms with Crippen LogP contribution >= 0.6 is 11.6 Å². The Hall–Kier alpha value is -1.95. The summed E-state index contributed by atoms with van der Waals surface area (Å²) < 4.78 is 9.96. The maximum absolute atomic E-state index is 11.4. The van der Waals surface area contributed by atoms with Crippen molar-refractivity contribution in [2.45, 2.75) is 26.4 Å². The fourth-order valence-corrected chi connectivity index (χ4v) is 1.50. The Morgan fingerprint density at radius 2 is 2.10 bits per heavy atom. The third-order valence-corrected chi connectivity index (χ3v) is 2.33. The molecule has 0 fully saturated rings. The number of methoxy groups -OCH3 is 1. The minimum atomic E-state index is -0.661. The molecule has 0 saturated heterocycles. The average Bonchev–Trinajstić information content (AvgIpc) is 2.31.